The zero-order chi connectivity index (χ0) is 17.2. The van der Waals surface area contributed by atoms with Crippen molar-refractivity contribution in [2.45, 2.75) is 84.5 Å². The maximum Gasteiger partial charge on any atom is 0.115 e. The largest absolute Gasteiger partial charge is 0.508 e. The summed E-state index contributed by atoms with van der Waals surface area (Å²) < 4.78 is 0. The monoisotopic (exact) mass is 321 g/mol. The number of rotatable bonds is 11. The fourth-order valence-corrected chi connectivity index (χ4v) is 2.33. The highest BCUT2D eigenvalue weighted by Crippen LogP contribution is 2.10. The van der Waals surface area contributed by atoms with E-state index >= 15 is 0 Å². The molecule has 3 heteroatoms. The first kappa shape index (κ1) is 21.5. The van der Waals surface area contributed by atoms with Crippen molar-refractivity contribution in [3.8, 4) is 5.75 Å². The number of benzene rings is 1. The third-order valence-electron chi connectivity index (χ3n) is 3.80. The van der Waals surface area contributed by atoms with E-state index in [1.54, 1.807) is 18.3 Å². The summed E-state index contributed by atoms with van der Waals surface area (Å²) in [6.07, 6.45) is 16.1. The van der Waals surface area contributed by atoms with Crippen LogP contribution in [0, 0.1) is 6.92 Å². The van der Waals surface area contributed by atoms with Crippen LogP contribution in [-0.4, -0.2) is 16.5 Å². The maximum atomic E-state index is 8.76. The molecule has 1 aromatic carbocycles. The quantitative estimate of drug-likeness (QED) is 0.213. The molecule has 0 spiro atoms. The van der Waals surface area contributed by atoms with E-state index in [9.17, 15) is 0 Å². The number of unbranched alkanes of at least 4 members (excludes halogenated alkanes) is 10. The van der Waals surface area contributed by atoms with Gasteiger partial charge in [0.25, 0.3) is 0 Å². The van der Waals surface area contributed by atoms with Crippen LogP contribution in [0.25, 0.3) is 0 Å². The molecule has 0 saturated carbocycles. The molecular weight excluding hydrogens is 286 g/mol. The van der Waals surface area contributed by atoms with Crippen molar-refractivity contribution < 1.29 is 10.3 Å². The van der Waals surface area contributed by atoms with Gasteiger partial charge in [-0.25, -0.2) is 0 Å². The van der Waals surface area contributed by atoms with E-state index in [-0.39, 0.29) is 0 Å². The van der Waals surface area contributed by atoms with Gasteiger partial charge in [-0.15, -0.1) is 5.16 Å². The lowest BCUT2D eigenvalue weighted by Crippen LogP contribution is -1.82. The smallest absolute Gasteiger partial charge is 0.115 e. The Morgan fingerprint density at radius 3 is 1.74 bits per heavy atom. The van der Waals surface area contributed by atoms with Gasteiger partial charge < -0.3 is 10.3 Å². The zero-order valence-electron chi connectivity index (χ0n) is 15.0. The highest BCUT2D eigenvalue weighted by molar-refractivity contribution is 5.55. The van der Waals surface area contributed by atoms with Gasteiger partial charge in [-0.3, -0.25) is 0 Å². The van der Waals surface area contributed by atoms with Gasteiger partial charge in [0.05, 0.1) is 0 Å². The molecule has 0 amide bonds. The van der Waals surface area contributed by atoms with Crippen LogP contribution in [0.4, 0.5) is 0 Å². The average molecular weight is 322 g/mol. The Morgan fingerprint density at radius 1 is 0.826 bits per heavy atom. The molecule has 0 heterocycles. The molecule has 0 aromatic heterocycles. The van der Waals surface area contributed by atoms with Crippen molar-refractivity contribution in [2.75, 3.05) is 0 Å². The van der Waals surface area contributed by atoms with Gasteiger partial charge in [0, 0.05) is 6.21 Å². The second kappa shape index (κ2) is 16.9. The van der Waals surface area contributed by atoms with Crippen molar-refractivity contribution in [3.05, 3.63) is 29.8 Å². The number of aryl methyl sites for hydroxylation is 1. The zero-order valence-corrected chi connectivity index (χ0v) is 15.0. The first-order chi connectivity index (χ1) is 11.2. The minimum Gasteiger partial charge on any atom is -0.508 e. The van der Waals surface area contributed by atoms with E-state index in [1.165, 1.54) is 69.8 Å². The third kappa shape index (κ3) is 16.7. The minimum atomic E-state index is 0.329. The first-order valence-corrected chi connectivity index (χ1v) is 9.12. The normalized spacial score (nSPS) is 10.5. The summed E-state index contributed by atoms with van der Waals surface area (Å²) >= 11 is 0. The minimum absolute atomic E-state index is 0.329. The number of aromatic hydroxyl groups is 1. The molecular formula is C20H35NO2. The summed E-state index contributed by atoms with van der Waals surface area (Å²) in [6.45, 7) is 4.25. The van der Waals surface area contributed by atoms with Gasteiger partial charge in [0.2, 0.25) is 0 Å². The molecule has 3 nitrogen and oxygen atoms in total. The Morgan fingerprint density at radius 2 is 1.30 bits per heavy atom. The van der Waals surface area contributed by atoms with E-state index in [4.69, 9.17) is 10.3 Å². The number of hydrogen-bond acceptors (Lipinski definition) is 3. The molecule has 0 fully saturated rings. The van der Waals surface area contributed by atoms with Crippen molar-refractivity contribution in [1.82, 2.24) is 0 Å². The molecule has 0 aliphatic rings. The number of phenols is 1. The van der Waals surface area contributed by atoms with Gasteiger partial charge in [-0.1, -0.05) is 82.4 Å². The van der Waals surface area contributed by atoms with Crippen LogP contribution in [0.5, 0.6) is 5.75 Å². The van der Waals surface area contributed by atoms with Crippen molar-refractivity contribution in [3.63, 3.8) is 0 Å². The molecule has 0 bridgehead atoms. The second-order valence-electron chi connectivity index (χ2n) is 6.10. The molecule has 2 N–H and O–H groups in total. The molecule has 132 valence electrons. The average Bonchev–Trinajstić information content (AvgIpc) is 2.56. The van der Waals surface area contributed by atoms with Gasteiger partial charge >= 0.3 is 0 Å². The van der Waals surface area contributed by atoms with Crippen LogP contribution < -0.4 is 0 Å². The summed E-state index contributed by atoms with van der Waals surface area (Å²) in [5, 5.41) is 19.9. The standard InChI is InChI=1S/C13H27NO.C7H8O/c1-2-3-4-5-6-7-8-9-10-11-12-13-14-15;1-6-2-4-7(8)5-3-6/h13,15H,2-12H2,1H3;2-5,8H,1H3. The van der Waals surface area contributed by atoms with E-state index in [0.29, 0.717) is 5.75 Å². The molecule has 1 rings (SSSR count). The van der Waals surface area contributed by atoms with Gasteiger partial charge in [0.1, 0.15) is 5.75 Å². The third-order valence-corrected chi connectivity index (χ3v) is 3.80. The van der Waals surface area contributed by atoms with Crippen LogP contribution in [0.15, 0.2) is 29.4 Å². The molecule has 0 saturated heterocycles. The molecule has 0 aliphatic heterocycles. The number of hydrogen-bond donors (Lipinski definition) is 2. The molecule has 23 heavy (non-hydrogen) atoms. The SMILES string of the molecule is CCCCCCCCCCCCC=NO.Cc1ccc(O)cc1. The van der Waals surface area contributed by atoms with E-state index in [2.05, 4.69) is 12.1 Å². The predicted octanol–water partition coefficient (Wildman–Crippen LogP) is 6.46. The Balaban J connectivity index is 0.000000502. The van der Waals surface area contributed by atoms with Crippen molar-refractivity contribution in [1.29, 1.82) is 0 Å². The van der Waals surface area contributed by atoms with Crippen molar-refractivity contribution in [2.24, 2.45) is 5.16 Å². The molecule has 0 radical (unpaired) electrons. The van der Waals surface area contributed by atoms with E-state index in [1.807, 2.05) is 19.1 Å². The van der Waals surface area contributed by atoms with Crippen LogP contribution in [-0.2, 0) is 0 Å². The predicted molar refractivity (Wildman–Crippen MR) is 99.6 cm³/mol. The van der Waals surface area contributed by atoms with Gasteiger partial charge in [0.15, 0.2) is 0 Å². The topological polar surface area (TPSA) is 52.8 Å². The second-order valence-corrected chi connectivity index (χ2v) is 6.10. The molecule has 1 aromatic rings. The van der Waals surface area contributed by atoms with Crippen molar-refractivity contribution >= 4 is 6.21 Å². The Bertz CT molecular complexity index is 353. The lowest BCUT2D eigenvalue weighted by atomic mass is 10.1. The lowest BCUT2D eigenvalue weighted by Gasteiger charge is -2.00. The van der Waals surface area contributed by atoms with Crippen LogP contribution in [0.2, 0.25) is 0 Å². The molecule has 0 unspecified atom stereocenters. The molecule has 0 aliphatic carbocycles. The maximum absolute atomic E-state index is 8.76. The van der Waals surface area contributed by atoms with E-state index in [0.717, 1.165) is 6.42 Å². The first-order valence-electron chi connectivity index (χ1n) is 9.12. The van der Waals surface area contributed by atoms with Crippen LogP contribution in [0.3, 0.4) is 0 Å². The number of phenolic OH excluding ortho intramolecular Hbond substituents is 1. The molecule has 0 atom stereocenters. The number of nitrogens with zero attached hydrogens (tertiary/aromatic N) is 1. The number of oxime groups is 1. The van der Waals surface area contributed by atoms with E-state index < -0.39 is 0 Å². The Kier molecular flexibility index (Phi) is 15.7. The Hall–Kier alpha value is -1.51. The highest BCUT2D eigenvalue weighted by atomic mass is 16.4. The fraction of sp³-hybridized carbons (Fsp3) is 0.650. The summed E-state index contributed by atoms with van der Waals surface area (Å²) in [6, 6.07) is 7.09. The highest BCUT2D eigenvalue weighted by Gasteiger charge is 1.91. The fourth-order valence-electron chi connectivity index (χ4n) is 2.33. The van der Waals surface area contributed by atoms with Gasteiger partial charge in [-0.05, 0) is 31.9 Å². The summed E-state index contributed by atoms with van der Waals surface area (Å²) in [4.78, 5) is 0. The summed E-state index contributed by atoms with van der Waals surface area (Å²) in [5.41, 5.74) is 1.17. The summed E-state index contributed by atoms with van der Waals surface area (Å²) in [7, 11) is 0. The lowest BCUT2D eigenvalue weighted by molar-refractivity contribution is 0.320. The van der Waals surface area contributed by atoms with Crippen LogP contribution in [0.1, 0.15) is 83.1 Å². The van der Waals surface area contributed by atoms with Crippen LogP contribution >= 0.6 is 0 Å². The Labute approximate surface area is 142 Å². The summed E-state index contributed by atoms with van der Waals surface area (Å²) in [5.74, 6) is 0.329. The van der Waals surface area contributed by atoms with Gasteiger partial charge in [-0.2, -0.15) is 0 Å².